The van der Waals surface area contributed by atoms with E-state index in [1.54, 1.807) is 0 Å². The lowest BCUT2D eigenvalue weighted by atomic mass is 9.99. The highest BCUT2D eigenvalue weighted by Gasteiger charge is 2.38. The fourth-order valence-corrected chi connectivity index (χ4v) is 3.87. The van der Waals surface area contributed by atoms with Crippen LogP contribution in [0, 0.1) is 5.92 Å². The minimum absolute atomic E-state index is 0.650. The Bertz CT molecular complexity index is 584. The molecule has 0 aliphatic carbocycles. The normalized spacial score (nSPS) is 25.2. The Labute approximate surface area is 126 Å². The van der Waals surface area contributed by atoms with Gasteiger partial charge in [-0.15, -0.1) is 0 Å². The van der Waals surface area contributed by atoms with E-state index in [9.17, 15) is 0 Å². The van der Waals surface area contributed by atoms with E-state index in [1.165, 1.54) is 37.3 Å². The third-order valence-electron chi connectivity index (χ3n) is 4.71. The molecule has 0 spiro atoms. The second-order valence-electron chi connectivity index (χ2n) is 6.30. The van der Waals surface area contributed by atoms with Crippen LogP contribution in [0.15, 0.2) is 54.9 Å². The van der Waals surface area contributed by atoms with E-state index >= 15 is 0 Å². The summed E-state index contributed by atoms with van der Waals surface area (Å²) in [6, 6.07) is 15.7. The van der Waals surface area contributed by atoms with E-state index in [1.807, 2.05) is 18.5 Å². The number of aromatic nitrogens is 1. The van der Waals surface area contributed by atoms with Crippen molar-refractivity contribution in [3.8, 4) is 0 Å². The third-order valence-corrected chi connectivity index (χ3v) is 4.71. The number of rotatable bonds is 3. The van der Waals surface area contributed by atoms with Crippen molar-refractivity contribution in [3.63, 3.8) is 0 Å². The Morgan fingerprint density at radius 1 is 1.00 bits per heavy atom. The minimum atomic E-state index is 0.650. The molecule has 2 unspecified atom stereocenters. The topological polar surface area (TPSA) is 19.4 Å². The Hall–Kier alpha value is -1.87. The second-order valence-corrected chi connectivity index (χ2v) is 6.30. The fourth-order valence-electron chi connectivity index (χ4n) is 3.87. The number of piperidine rings is 1. The second kappa shape index (κ2) is 5.49. The molecule has 0 saturated carbocycles. The molecule has 1 aromatic heterocycles. The Balaban J connectivity index is 1.47. The molecule has 21 heavy (non-hydrogen) atoms. The van der Waals surface area contributed by atoms with Crippen LogP contribution < -0.4 is 4.90 Å². The monoisotopic (exact) mass is 279 g/mol. The molecular formula is C18H21N3. The summed E-state index contributed by atoms with van der Waals surface area (Å²) in [6.45, 7) is 4.65. The largest absolute Gasteiger partial charge is 0.366 e. The van der Waals surface area contributed by atoms with Gasteiger partial charge < -0.3 is 4.90 Å². The number of anilines is 1. The quantitative estimate of drug-likeness (QED) is 0.861. The van der Waals surface area contributed by atoms with Crippen molar-refractivity contribution in [1.29, 1.82) is 0 Å². The van der Waals surface area contributed by atoms with Crippen LogP contribution in [0.25, 0.3) is 0 Å². The number of fused-ring (bicyclic) bond motifs is 2. The van der Waals surface area contributed by atoms with Crippen LogP contribution in [-0.2, 0) is 6.54 Å². The number of benzene rings is 1. The molecular weight excluding hydrogens is 258 g/mol. The van der Waals surface area contributed by atoms with Gasteiger partial charge in [-0.3, -0.25) is 9.88 Å². The van der Waals surface area contributed by atoms with Crippen molar-refractivity contribution in [2.75, 3.05) is 24.5 Å². The molecule has 2 aliphatic heterocycles. The first kappa shape index (κ1) is 12.8. The molecule has 108 valence electrons. The molecule has 0 radical (unpaired) electrons. The number of likely N-dealkylation sites (tertiary alicyclic amines) is 1. The average Bonchev–Trinajstić information content (AvgIpc) is 2.84. The van der Waals surface area contributed by atoms with Crippen LogP contribution in [-0.4, -0.2) is 35.6 Å². The molecule has 0 amide bonds. The van der Waals surface area contributed by atoms with E-state index in [2.05, 4.69) is 51.2 Å². The molecule has 3 heteroatoms. The predicted octanol–water partition coefficient (Wildman–Crippen LogP) is 2.79. The lowest BCUT2D eigenvalue weighted by molar-refractivity contribution is 0.188. The Morgan fingerprint density at radius 2 is 1.90 bits per heavy atom. The summed E-state index contributed by atoms with van der Waals surface area (Å²) in [5.41, 5.74) is 2.71. The molecule has 2 saturated heterocycles. The van der Waals surface area contributed by atoms with Crippen molar-refractivity contribution in [2.45, 2.75) is 19.0 Å². The van der Waals surface area contributed by atoms with Crippen LogP contribution in [0.4, 0.5) is 5.69 Å². The van der Waals surface area contributed by atoms with Gasteiger partial charge in [-0.25, -0.2) is 0 Å². The third kappa shape index (κ3) is 2.66. The molecule has 2 aliphatic rings. The van der Waals surface area contributed by atoms with E-state index in [4.69, 9.17) is 0 Å². The lowest BCUT2D eigenvalue weighted by Crippen LogP contribution is -2.42. The molecule has 2 bridgehead atoms. The summed E-state index contributed by atoms with van der Waals surface area (Å²) in [7, 11) is 0. The summed E-state index contributed by atoms with van der Waals surface area (Å²) in [4.78, 5) is 9.45. The van der Waals surface area contributed by atoms with Gasteiger partial charge in [0, 0.05) is 38.4 Å². The zero-order chi connectivity index (χ0) is 14.1. The van der Waals surface area contributed by atoms with Crippen LogP contribution in [0.5, 0.6) is 0 Å². The van der Waals surface area contributed by atoms with Crippen molar-refractivity contribution >= 4 is 5.69 Å². The Kier molecular flexibility index (Phi) is 3.36. The van der Waals surface area contributed by atoms with E-state index in [0.717, 1.165) is 12.5 Å². The fraction of sp³-hybridized carbons (Fsp3) is 0.389. The van der Waals surface area contributed by atoms with E-state index in [-0.39, 0.29) is 0 Å². The molecule has 3 heterocycles. The van der Waals surface area contributed by atoms with Gasteiger partial charge in [0.2, 0.25) is 0 Å². The summed E-state index contributed by atoms with van der Waals surface area (Å²) < 4.78 is 0. The summed E-state index contributed by atoms with van der Waals surface area (Å²) >= 11 is 0. The zero-order valence-corrected chi connectivity index (χ0v) is 12.2. The van der Waals surface area contributed by atoms with Crippen LogP contribution in [0.2, 0.25) is 0 Å². The maximum Gasteiger partial charge on any atom is 0.0555 e. The van der Waals surface area contributed by atoms with Gasteiger partial charge in [0.05, 0.1) is 11.9 Å². The summed E-state index contributed by atoms with van der Waals surface area (Å²) in [5, 5.41) is 0. The maximum atomic E-state index is 4.27. The van der Waals surface area contributed by atoms with E-state index in [0.29, 0.717) is 6.04 Å². The molecule has 0 N–H and O–H groups in total. The zero-order valence-electron chi connectivity index (χ0n) is 12.2. The van der Waals surface area contributed by atoms with Crippen molar-refractivity contribution in [2.24, 2.45) is 5.92 Å². The molecule has 2 fully saturated rings. The first-order valence-electron chi connectivity index (χ1n) is 7.81. The number of nitrogens with zero attached hydrogens (tertiary/aromatic N) is 3. The van der Waals surface area contributed by atoms with Crippen molar-refractivity contribution in [1.82, 2.24) is 9.88 Å². The number of hydrogen-bond donors (Lipinski definition) is 0. The van der Waals surface area contributed by atoms with Gasteiger partial charge in [-0.1, -0.05) is 30.3 Å². The summed E-state index contributed by atoms with van der Waals surface area (Å²) in [5.74, 6) is 0.799. The minimum Gasteiger partial charge on any atom is -0.366 e. The van der Waals surface area contributed by atoms with Gasteiger partial charge in [-0.05, 0) is 30.0 Å². The van der Waals surface area contributed by atoms with Gasteiger partial charge in [0.25, 0.3) is 0 Å². The van der Waals surface area contributed by atoms with Gasteiger partial charge in [-0.2, -0.15) is 0 Å². The smallest absolute Gasteiger partial charge is 0.0555 e. The van der Waals surface area contributed by atoms with Crippen molar-refractivity contribution in [3.05, 3.63) is 60.4 Å². The van der Waals surface area contributed by atoms with Gasteiger partial charge in [0.1, 0.15) is 0 Å². The van der Waals surface area contributed by atoms with Gasteiger partial charge >= 0.3 is 0 Å². The Morgan fingerprint density at radius 3 is 2.71 bits per heavy atom. The standard InChI is InChI=1S/C18H21N3/c1-2-5-15(6-3-1)11-20-12-16-9-18(14-20)21(13-16)17-7-4-8-19-10-17/h1-8,10,16,18H,9,11-14H2. The lowest BCUT2D eigenvalue weighted by Gasteiger charge is -2.33. The molecule has 4 rings (SSSR count). The molecule has 2 aromatic rings. The first-order chi connectivity index (χ1) is 10.4. The first-order valence-corrected chi connectivity index (χ1v) is 7.81. The summed E-state index contributed by atoms with van der Waals surface area (Å²) in [6.07, 6.45) is 5.19. The maximum absolute atomic E-state index is 4.27. The van der Waals surface area contributed by atoms with Crippen molar-refractivity contribution < 1.29 is 0 Å². The highest BCUT2D eigenvalue weighted by molar-refractivity contribution is 5.46. The number of pyridine rings is 1. The van der Waals surface area contributed by atoms with E-state index < -0.39 is 0 Å². The SMILES string of the molecule is c1ccc(CN2CC3CC(C2)N(c2cccnc2)C3)cc1. The van der Waals surface area contributed by atoms with Crippen LogP contribution in [0.3, 0.4) is 0 Å². The van der Waals surface area contributed by atoms with Crippen LogP contribution >= 0.6 is 0 Å². The highest BCUT2D eigenvalue weighted by atomic mass is 15.3. The van der Waals surface area contributed by atoms with Gasteiger partial charge in [0.15, 0.2) is 0 Å². The van der Waals surface area contributed by atoms with Crippen LogP contribution in [0.1, 0.15) is 12.0 Å². The predicted molar refractivity (Wildman–Crippen MR) is 85.2 cm³/mol. The number of hydrogen-bond acceptors (Lipinski definition) is 3. The molecule has 1 aromatic carbocycles. The highest BCUT2D eigenvalue weighted by Crippen LogP contribution is 2.33. The average molecular weight is 279 g/mol. The molecule has 2 atom stereocenters. The molecule has 3 nitrogen and oxygen atoms in total.